The summed E-state index contributed by atoms with van der Waals surface area (Å²) in [6, 6.07) is 10.7. The molecular weight excluding hydrogens is 481 g/mol. The molecule has 0 spiro atoms. The predicted molar refractivity (Wildman–Crippen MR) is 134 cm³/mol. The minimum atomic E-state index is -1.27. The van der Waals surface area contributed by atoms with Gasteiger partial charge in [0.05, 0.1) is 0 Å². The topological polar surface area (TPSA) is 71.7 Å². The zero-order chi connectivity index (χ0) is 25.9. The van der Waals surface area contributed by atoms with Crippen molar-refractivity contribution in [3.05, 3.63) is 77.2 Å². The highest BCUT2D eigenvalue weighted by Crippen LogP contribution is 2.29. The Kier molecular flexibility index (Phi) is 7.32. The molecule has 9 heteroatoms. The minimum Gasteiger partial charge on any atom is -0.485 e. The molecule has 2 saturated heterocycles. The van der Waals surface area contributed by atoms with E-state index in [0.29, 0.717) is 23.2 Å². The van der Waals surface area contributed by atoms with Crippen LogP contribution in [0.3, 0.4) is 0 Å². The molecule has 2 N–H and O–H groups in total. The number of benzene rings is 2. The number of likely N-dealkylation sites (tertiary alicyclic amines) is 2. The third kappa shape index (κ3) is 5.56. The van der Waals surface area contributed by atoms with Gasteiger partial charge in [0.15, 0.2) is 23.2 Å². The van der Waals surface area contributed by atoms with Gasteiger partial charge in [-0.05, 0) is 68.6 Å². The molecule has 5 rings (SSSR count). The highest BCUT2D eigenvalue weighted by atomic mass is 19.2. The average Bonchev–Trinajstić information content (AvgIpc) is 3.46. The number of hydrogen-bond acceptors (Lipinski definition) is 5. The lowest BCUT2D eigenvalue weighted by Gasteiger charge is -2.36. The lowest BCUT2D eigenvalue weighted by molar-refractivity contribution is 0.0644. The molecule has 2 aromatic carbocycles. The molecule has 0 unspecified atom stereocenters. The van der Waals surface area contributed by atoms with Crippen LogP contribution in [0.5, 0.6) is 5.75 Å². The van der Waals surface area contributed by atoms with Crippen LogP contribution in [-0.4, -0.2) is 52.9 Å². The number of nitrogen functional groups attached to an aromatic ring is 1. The Hall–Kier alpha value is -3.59. The smallest absolute Gasteiger partial charge is 0.253 e. The second-order valence-corrected chi connectivity index (χ2v) is 9.60. The van der Waals surface area contributed by atoms with Gasteiger partial charge in [0, 0.05) is 48.1 Å². The molecule has 6 nitrogen and oxygen atoms in total. The van der Waals surface area contributed by atoms with Crippen LogP contribution in [0.2, 0.25) is 0 Å². The first kappa shape index (κ1) is 25.1. The van der Waals surface area contributed by atoms with Crippen LogP contribution >= 0.6 is 0 Å². The number of halogens is 3. The highest BCUT2D eigenvalue weighted by Gasteiger charge is 2.28. The third-order valence-corrected chi connectivity index (χ3v) is 7.23. The molecule has 0 radical (unpaired) electrons. The van der Waals surface area contributed by atoms with Crippen molar-refractivity contribution in [3.8, 4) is 16.9 Å². The molecule has 1 aromatic heterocycles. The van der Waals surface area contributed by atoms with Gasteiger partial charge in [-0.15, -0.1) is 0 Å². The van der Waals surface area contributed by atoms with Gasteiger partial charge in [-0.2, -0.15) is 0 Å². The van der Waals surface area contributed by atoms with E-state index in [1.807, 2.05) is 17.0 Å². The number of anilines is 1. The van der Waals surface area contributed by atoms with Crippen LogP contribution in [0.4, 0.5) is 19.0 Å². The highest BCUT2D eigenvalue weighted by molar-refractivity contribution is 5.94. The van der Waals surface area contributed by atoms with Crippen LogP contribution in [-0.2, 0) is 6.61 Å². The fraction of sp³-hybridized carbons (Fsp3) is 0.357. The summed E-state index contributed by atoms with van der Waals surface area (Å²) >= 11 is 0. The van der Waals surface area contributed by atoms with Crippen molar-refractivity contribution in [1.29, 1.82) is 0 Å². The summed E-state index contributed by atoms with van der Waals surface area (Å²) in [4.78, 5) is 21.7. The van der Waals surface area contributed by atoms with Crippen molar-refractivity contribution in [2.75, 3.05) is 31.9 Å². The summed E-state index contributed by atoms with van der Waals surface area (Å²) in [5.74, 6) is -3.05. The number of ether oxygens (including phenoxy) is 1. The number of nitrogens with zero attached hydrogens (tertiary/aromatic N) is 3. The molecule has 2 fully saturated rings. The first-order valence-corrected chi connectivity index (χ1v) is 12.5. The summed E-state index contributed by atoms with van der Waals surface area (Å²) < 4.78 is 46.2. The molecule has 37 heavy (non-hydrogen) atoms. The van der Waals surface area contributed by atoms with E-state index >= 15 is 0 Å². The van der Waals surface area contributed by atoms with Gasteiger partial charge < -0.3 is 20.3 Å². The summed E-state index contributed by atoms with van der Waals surface area (Å²) in [6.45, 7) is 3.54. The Morgan fingerprint density at radius 1 is 0.919 bits per heavy atom. The fourth-order valence-corrected chi connectivity index (χ4v) is 5.09. The van der Waals surface area contributed by atoms with Gasteiger partial charge in [0.2, 0.25) is 0 Å². The zero-order valence-corrected chi connectivity index (χ0v) is 20.4. The molecule has 3 aromatic rings. The number of carbonyl (C=O) groups is 1. The van der Waals surface area contributed by atoms with Crippen molar-refractivity contribution in [2.24, 2.45) is 0 Å². The maximum absolute atomic E-state index is 13.9. The average molecular weight is 511 g/mol. The van der Waals surface area contributed by atoms with Gasteiger partial charge >= 0.3 is 0 Å². The molecule has 0 atom stereocenters. The van der Waals surface area contributed by atoms with E-state index in [-0.39, 0.29) is 29.6 Å². The van der Waals surface area contributed by atoms with E-state index in [4.69, 9.17) is 10.5 Å². The number of aromatic nitrogens is 1. The summed E-state index contributed by atoms with van der Waals surface area (Å²) in [7, 11) is 0. The van der Waals surface area contributed by atoms with Gasteiger partial charge in [-0.1, -0.05) is 12.1 Å². The maximum Gasteiger partial charge on any atom is 0.253 e. The lowest BCUT2D eigenvalue weighted by Crippen LogP contribution is -2.45. The number of carbonyl (C=O) groups excluding carboxylic acids is 1. The van der Waals surface area contributed by atoms with E-state index in [1.54, 1.807) is 24.4 Å². The van der Waals surface area contributed by atoms with Crippen molar-refractivity contribution in [2.45, 2.75) is 38.3 Å². The molecule has 0 saturated carbocycles. The number of pyridine rings is 1. The normalized spacial score (nSPS) is 16.8. The Morgan fingerprint density at radius 2 is 1.59 bits per heavy atom. The third-order valence-electron chi connectivity index (χ3n) is 7.23. The minimum absolute atomic E-state index is 0.0273. The number of amides is 1. The van der Waals surface area contributed by atoms with E-state index in [1.165, 1.54) is 25.9 Å². The molecule has 0 bridgehead atoms. The monoisotopic (exact) mass is 510 g/mol. The fourth-order valence-electron chi connectivity index (χ4n) is 5.09. The number of nitrogens with two attached hydrogens (primary N) is 1. The molecule has 1 amide bonds. The van der Waals surface area contributed by atoms with Gasteiger partial charge in [0.1, 0.15) is 12.4 Å². The van der Waals surface area contributed by atoms with Gasteiger partial charge in [-0.3, -0.25) is 4.79 Å². The number of piperidine rings is 1. The summed E-state index contributed by atoms with van der Waals surface area (Å²) in [5.41, 5.74) is 7.86. The lowest BCUT2D eigenvalue weighted by atomic mass is 10.0. The van der Waals surface area contributed by atoms with E-state index in [2.05, 4.69) is 9.88 Å². The van der Waals surface area contributed by atoms with E-state index < -0.39 is 17.5 Å². The second-order valence-electron chi connectivity index (χ2n) is 9.60. The Morgan fingerprint density at radius 3 is 2.30 bits per heavy atom. The maximum atomic E-state index is 13.9. The standard InChI is InChI=1S/C28H29F3N4O2/c29-23-15-25(31)24(30)13-21(23)17-37-26-14-20(16-33-27(26)32)18-3-5-19(6-4-18)28(36)35-11-7-22(8-12-35)34-9-1-2-10-34/h3-6,13-16,22H,1-2,7-12,17H2,(H2,32,33). The van der Waals surface area contributed by atoms with Crippen LogP contribution in [0.15, 0.2) is 48.7 Å². The SMILES string of the molecule is Nc1ncc(-c2ccc(C(=O)N3CCC(N4CCCC4)CC3)cc2)cc1OCc1cc(F)c(F)cc1F. The molecule has 0 aliphatic carbocycles. The zero-order valence-electron chi connectivity index (χ0n) is 20.4. The Labute approximate surface area is 213 Å². The van der Waals surface area contributed by atoms with E-state index in [9.17, 15) is 18.0 Å². The first-order chi connectivity index (χ1) is 17.9. The van der Waals surface area contributed by atoms with Crippen LogP contribution in [0.1, 0.15) is 41.6 Å². The van der Waals surface area contributed by atoms with Crippen LogP contribution < -0.4 is 10.5 Å². The molecule has 194 valence electrons. The van der Waals surface area contributed by atoms with Crippen LogP contribution in [0.25, 0.3) is 11.1 Å². The van der Waals surface area contributed by atoms with Crippen LogP contribution in [0, 0.1) is 17.5 Å². The second kappa shape index (κ2) is 10.8. The Balaban J connectivity index is 1.23. The van der Waals surface area contributed by atoms with Crippen molar-refractivity contribution in [1.82, 2.24) is 14.8 Å². The summed E-state index contributed by atoms with van der Waals surface area (Å²) in [5, 5.41) is 0. The number of hydrogen-bond donors (Lipinski definition) is 1. The molecule has 2 aliphatic heterocycles. The predicted octanol–water partition coefficient (Wildman–Crippen LogP) is 5.03. The Bertz CT molecular complexity index is 1270. The quantitative estimate of drug-likeness (QED) is 0.471. The number of rotatable bonds is 6. The van der Waals surface area contributed by atoms with Gasteiger partial charge in [-0.25, -0.2) is 18.2 Å². The summed E-state index contributed by atoms with van der Waals surface area (Å²) in [6.07, 6.45) is 6.14. The van der Waals surface area contributed by atoms with Gasteiger partial charge in [0.25, 0.3) is 5.91 Å². The van der Waals surface area contributed by atoms with E-state index in [0.717, 1.165) is 37.6 Å². The molecule has 3 heterocycles. The largest absolute Gasteiger partial charge is 0.485 e. The van der Waals surface area contributed by atoms with Crippen molar-refractivity contribution in [3.63, 3.8) is 0 Å². The molecule has 2 aliphatic rings. The molecular formula is C28H29F3N4O2. The van der Waals surface area contributed by atoms with Crippen molar-refractivity contribution < 1.29 is 22.7 Å². The van der Waals surface area contributed by atoms with Crippen molar-refractivity contribution >= 4 is 11.7 Å². The first-order valence-electron chi connectivity index (χ1n) is 12.5.